The zero-order chi connectivity index (χ0) is 13.0. The molecule has 0 atom stereocenters. The molecule has 2 rings (SSSR count). The van der Waals surface area contributed by atoms with Crippen molar-refractivity contribution in [1.82, 2.24) is 9.97 Å². The first kappa shape index (κ1) is 12.2. The van der Waals surface area contributed by atoms with Crippen LogP contribution in [0, 0.1) is 0 Å². The van der Waals surface area contributed by atoms with Gasteiger partial charge >= 0.3 is 0 Å². The number of hydrogen-bond acceptors (Lipinski definition) is 3. The van der Waals surface area contributed by atoms with Gasteiger partial charge in [-0.1, -0.05) is 0 Å². The number of carbonyl (C=O) groups excluding carboxylic acids is 1. The van der Waals surface area contributed by atoms with E-state index in [1.807, 2.05) is 18.3 Å². The molecular weight excluding hydrogens is 228 g/mol. The van der Waals surface area contributed by atoms with Crippen LogP contribution in [0.15, 0.2) is 36.7 Å². The number of aryl methyl sites for hydroxylation is 1. The highest BCUT2D eigenvalue weighted by molar-refractivity contribution is 5.91. The van der Waals surface area contributed by atoms with Crippen LogP contribution in [-0.4, -0.2) is 22.9 Å². The third-order valence-electron chi connectivity index (χ3n) is 2.76. The highest BCUT2D eigenvalue weighted by Crippen LogP contribution is 2.12. The number of amides is 1. The van der Waals surface area contributed by atoms with Gasteiger partial charge in [0.05, 0.1) is 11.9 Å². The van der Waals surface area contributed by atoms with Crippen molar-refractivity contribution in [3.63, 3.8) is 0 Å². The van der Waals surface area contributed by atoms with Gasteiger partial charge in [-0.25, -0.2) is 4.98 Å². The van der Waals surface area contributed by atoms with Gasteiger partial charge in [-0.05, 0) is 30.7 Å². The van der Waals surface area contributed by atoms with Crippen molar-refractivity contribution in [3.05, 3.63) is 42.4 Å². The zero-order valence-corrected chi connectivity index (χ0v) is 10.3. The minimum Gasteiger partial charge on any atom is -0.397 e. The van der Waals surface area contributed by atoms with Crippen LogP contribution in [0.1, 0.15) is 12.1 Å². The lowest BCUT2D eigenvalue weighted by molar-refractivity contribution is -0.118. The number of hydrogen-bond donors (Lipinski definition) is 2. The minimum absolute atomic E-state index is 0.0295. The number of aromatic amines is 1. The molecule has 2 heterocycles. The fraction of sp³-hybridized carbons (Fsp3) is 0.231. The van der Waals surface area contributed by atoms with E-state index >= 15 is 0 Å². The predicted octanol–water partition coefficient (Wildman–Crippen LogP) is 1.59. The molecule has 0 spiro atoms. The summed E-state index contributed by atoms with van der Waals surface area (Å²) in [6.45, 7) is 0. The van der Waals surface area contributed by atoms with Gasteiger partial charge in [0.25, 0.3) is 0 Å². The van der Waals surface area contributed by atoms with Gasteiger partial charge in [0.15, 0.2) is 0 Å². The van der Waals surface area contributed by atoms with Gasteiger partial charge < -0.3 is 10.7 Å². The predicted molar refractivity (Wildman–Crippen MR) is 71.2 cm³/mol. The Labute approximate surface area is 106 Å². The maximum Gasteiger partial charge on any atom is 0.228 e. The molecule has 0 aromatic carbocycles. The number of nitrogens with two attached hydrogens (primary N) is 1. The van der Waals surface area contributed by atoms with Crippen molar-refractivity contribution < 1.29 is 4.79 Å². The molecule has 0 saturated carbocycles. The second-order valence-corrected chi connectivity index (χ2v) is 4.10. The lowest BCUT2D eigenvalue weighted by Gasteiger charge is -2.15. The van der Waals surface area contributed by atoms with Gasteiger partial charge in [0, 0.05) is 25.4 Å². The number of nitrogen functional groups attached to an aromatic ring is 1. The van der Waals surface area contributed by atoms with Crippen LogP contribution in [0.25, 0.3) is 0 Å². The lowest BCUT2D eigenvalue weighted by Crippen LogP contribution is -2.27. The van der Waals surface area contributed by atoms with Crippen LogP contribution >= 0.6 is 0 Å². The van der Waals surface area contributed by atoms with Gasteiger partial charge in [-0.3, -0.25) is 9.69 Å². The second-order valence-electron chi connectivity index (χ2n) is 4.10. The normalized spacial score (nSPS) is 10.3. The van der Waals surface area contributed by atoms with E-state index in [1.165, 1.54) is 0 Å². The van der Waals surface area contributed by atoms with E-state index in [9.17, 15) is 4.79 Å². The first-order chi connectivity index (χ1) is 8.66. The van der Waals surface area contributed by atoms with E-state index in [1.54, 1.807) is 30.3 Å². The maximum absolute atomic E-state index is 12.0. The number of nitrogens with zero attached hydrogens (tertiary/aromatic N) is 2. The van der Waals surface area contributed by atoms with E-state index in [4.69, 9.17) is 5.73 Å². The van der Waals surface area contributed by atoms with Crippen molar-refractivity contribution in [3.8, 4) is 0 Å². The summed E-state index contributed by atoms with van der Waals surface area (Å²) in [6.07, 6.45) is 4.54. The largest absolute Gasteiger partial charge is 0.397 e. The Morgan fingerprint density at radius 2 is 2.28 bits per heavy atom. The standard InChI is InChI=1S/C13H16N4O/c1-17(12-6-4-10(14)9-16-12)13(18)7-5-11-3-2-8-15-11/h2-4,6,8-9,15H,5,7,14H2,1H3. The molecule has 0 aliphatic heterocycles. The summed E-state index contributed by atoms with van der Waals surface area (Å²) in [6, 6.07) is 7.36. The van der Waals surface area contributed by atoms with E-state index in [0.29, 0.717) is 24.3 Å². The van der Waals surface area contributed by atoms with Crippen LogP contribution in [0.4, 0.5) is 11.5 Å². The quantitative estimate of drug-likeness (QED) is 0.857. The Kier molecular flexibility index (Phi) is 3.62. The molecule has 0 bridgehead atoms. The van der Waals surface area contributed by atoms with Crippen LogP contribution in [0.5, 0.6) is 0 Å². The summed E-state index contributed by atoms with van der Waals surface area (Å²) in [5.74, 6) is 0.641. The topological polar surface area (TPSA) is 75.0 Å². The molecule has 0 unspecified atom stereocenters. The molecular formula is C13H16N4O. The van der Waals surface area contributed by atoms with Gasteiger partial charge in [-0.2, -0.15) is 0 Å². The number of carbonyl (C=O) groups is 1. The third kappa shape index (κ3) is 2.88. The molecule has 0 fully saturated rings. The Bertz CT molecular complexity index is 504. The number of anilines is 2. The summed E-state index contributed by atoms with van der Waals surface area (Å²) in [7, 11) is 1.72. The van der Waals surface area contributed by atoms with Gasteiger partial charge in [-0.15, -0.1) is 0 Å². The smallest absolute Gasteiger partial charge is 0.228 e. The van der Waals surface area contributed by atoms with Crippen LogP contribution in [-0.2, 0) is 11.2 Å². The minimum atomic E-state index is 0.0295. The number of aromatic nitrogens is 2. The SMILES string of the molecule is CN(C(=O)CCc1ccc[nH]1)c1ccc(N)cn1. The highest BCUT2D eigenvalue weighted by atomic mass is 16.2. The number of rotatable bonds is 4. The first-order valence-corrected chi connectivity index (χ1v) is 5.77. The maximum atomic E-state index is 12.0. The molecule has 2 aromatic heterocycles. The van der Waals surface area contributed by atoms with Crippen LogP contribution in [0.3, 0.4) is 0 Å². The number of pyridine rings is 1. The van der Waals surface area contributed by atoms with Crippen molar-refractivity contribution >= 4 is 17.4 Å². The Morgan fingerprint density at radius 3 is 2.89 bits per heavy atom. The molecule has 5 heteroatoms. The average Bonchev–Trinajstić information content (AvgIpc) is 2.89. The average molecular weight is 244 g/mol. The van der Waals surface area contributed by atoms with E-state index in [0.717, 1.165) is 5.69 Å². The monoisotopic (exact) mass is 244 g/mol. The fourth-order valence-electron chi connectivity index (χ4n) is 1.66. The summed E-state index contributed by atoms with van der Waals surface area (Å²) in [5.41, 5.74) is 7.20. The van der Waals surface area contributed by atoms with Gasteiger partial charge in [0.2, 0.25) is 5.91 Å². The van der Waals surface area contributed by atoms with Crippen LogP contribution < -0.4 is 10.6 Å². The number of nitrogens with one attached hydrogen (secondary N) is 1. The molecule has 1 amide bonds. The summed E-state index contributed by atoms with van der Waals surface area (Å²) >= 11 is 0. The molecule has 0 aliphatic carbocycles. The summed E-state index contributed by atoms with van der Waals surface area (Å²) < 4.78 is 0. The number of H-pyrrole nitrogens is 1. The summed E-state index contributed by atoms with van der Waals surface area (Å²) in [5, 5.41) is 0. The molecule has 18 heavy (non-hydrogen) atoms. The van der Waals surface area contributed by atoms with E-state index in [-0.39, 0.29) is 5.91 Å². The van der Waals surface area contributed by atoms with Crippen molar-refractivity contribution in [2.75, 3.05) is 17.7 Å². The van der Waals surface area contributed by atoms with Gasteiger partial charge in [0.1, 0.15) is 5.82 Å². The Hall–Kier alpha value is -2.30. The van der Waals surface area contributed by atoms with Crippen LogP contribution in [0.2, 0.25) is 0 Å². The Morgan fingerprint density at radius 1 is 1.44 bits per heavy atom. The molecule has 94 valence electrons. The highest BCUT2D eigenvalue weighted by Gasteiger charge is 2.11. The molecule has 5 nitrogen and oxygen atoms in total. The fourth-order valence-corrected chi connectivity index (χ4v) is 1.66. The lowest BCUT2D eigenvalue weighted by atomic mass is 10.2. The molecule has 3 N–H and O–H groups in total. The molecule has 0 aliphatic rings. The summed E-state index contributed by atoms with van der Waals surface area (Å²) in [4.78, 5) is 20.7. The zero-order valence-electron chi connectivity index (χ0n) is 10.3. The second kappa shape index (κ2) is 5.35. The molecule has 0 radical (unpaired) electrons. The molecule has 0 saturated heterocycles. The van der Waals surface area contributed by atoms with Crippen molar-refractivity contribution in [2.45, 2.75) is 12.8 Å². The first-order valence-electron chi connectivity index (χ1n) is 5.77. The van der Waals surface area contributed by atoms with E-state index < -0.39 is 0 Å². The third-order valence-corrected chi connectivity index (χ3v) is 2.76. The Balaban J connectivity index is 1.94. The van der Waals surface area contributed by atoms with Crippen molar-refractivity contribution in [2.24, 2.45) is 0 Å². The van der Waals surface area contributed by atoms with Crippen molar-refractivity contribution in [1.29, 1.82) is 0 Å². The van der Waals surface area contributed by atoms with E-state index in [2.05, 4.69) is 9.97 Å². The molecule has 2 aromatic rings.